The van der Waals surface area contributed by atoms with Gasteiger partial charge in [-0.1, -0.05) is 6.42 Å². The van der Waals surface area contributed by atoms with Gasteiger partial charge in [0.15, 0.2) is 0 Å². The van der Waals surface area contributed by atoms with E-state index < -0.39 is 0 Å². The van der Waals surface area contributed by atoms with Crippen LogP contribution in [0.5, 0.6) is 0 Å². The molecule has 1 aromatic heterocycles. The molecule has 1 N–H and O–H groups in total. The number of carbonyl (C=O) groups excluding carboxylic acids is 1. The predicted molar refractivity (Wildman–Crippen MR) is 63.3 cm³/mol. The lowest BCUT2D eigenvalue weighted by Crippen LogP contribution is -2.34. The molecule has 0 aromatic carbocycles. The zero-order valence-electron chi connectivity index (χ0n) is 9.24. The van der Waals surface area contributed by atoms with Gasteiger partial charge in [0.05, 0.1) is 17.2 Å². The third kappa shape index (κ3) is 2.12. The standard InChI is InChI=1S/C12H16N2OS/c15-11(8-2-1-3-8)13-6-10-7-16-12(14-10)9-4-5-9/h7-9H,1-6H2,(H,13,15). The van der Waals surface area contributed by atoms with E-state index in [0.717, 1.165) is 24.5 Å². The largest absolute Gasteiger partial charge is 0.350 e. The normalized spacial score (nSPS) is 20.5. The van der Waals surface area contributed by atoms with Crippen LogP contribution in [0.3, 0.4) is 0 Å². The maximum atomic E-state index is 11.6. The van der Waals surface area contributed by atoms with Crippen LogP contribution in [-0.4, -0.2) is 10.9 Å². The lowest BCUT2D eigenvalue weighted by molar-refractivity contribution is -0.127. The molecule has 4 heteroatoms. The van der Waals surface area contributed by atoms with Crippen molar-refractivity contribution in [3.8, 4) is 0 Å². The van der Waals surface area contributed by atoms with E-state index in [0.29, 0.717) is 6.54 Å². The van der Waals surface area contributed by atoms with Crippen molar-refractivity contribution in [2.24, 2.45) is 5.92 Å². The van der Waals surface area contributed by atoms with Gasteiger partial charge in [0.1, 0.15) is 0 Å². The molecule has 2 aliphatic rings. The van der Waals surface area contributed by atoms with Gasteiger partial charge < -0.3 is 5.32 Å². The Morgan fingerprint density at radius 2 is 2.25 bits per heavy atom. The lowest BCUT2D eigenvalue weighted by Gasteiger charge is -2.23. The van der Waals surface area contributed by atoms with Crippen molar-refractivity contribution in [1.29, 1.82) is 0 Å². The van der Waals surface area contributed by atoms with Crippen molar-refractivity contribution < 1.29 is 4.79 Å². The van der Waals surface area contributed by atoms with Gasteiger partial charge in [-0.3, -0.25) is 4.79 Å². The van der Waals surface area contributed by atoms with Crippen LogP contribution in [0.4, 0.5) is 0 Å². The molecule has 86 valence electrons. The monoisotopic (exact) mass is 236 g/mol. The van der Waals surface area contributed by atoms with Gasteiger partial charge in [-0.05, 0) is 25.7 Å². The Labute approximate surface area is 99.3 Å². The van der Waals surface area contributed by atoms with E-state index in [1.807, 2.05) is 0 Å². The summed E-state index contributed by atoms with van der Waals surface area (Å²) in [6, 6.07) is 0. The summed E-state index contributed by atoms with van der Waals surface area (Å²) in [6.07, 6.45) is 5.93. The van der Waals surface area contributed by atoms with E-state index in [1.165, 1.54) is 24.3 Å². The van der Waals surface area contributed by atoms with E-state index in [2.05, 4.69) is 15.7 Å². The van der Waals surface area contributed by atoms with Crippen LogP contribution in [0.25, 0.3) is 0 Å². The third-order valence-electron chi connectivity index (χ3n) is 3.42. The van der Waals surface area contributed by atoms with Crippen molar-refractivity contribution in [3.63, 3.8) is 0 Å². The van der Waals surface area contributed by atoms with E-state index in [1.54, 1.807) is 11.3 Å². The molecule has 2 aliphatic carbocycles. The van der Waals surface area contributed by atoms with E-state index >= 15 is 0 Å². The van der Waals surface area contributed by atoms with Gasteiger partial charge in [0.2, 0.25) is 5.91 Å². The van der Waals surface area contributed by atoms with E-state index in [4.69, 9.17) is 0 Å². The first-order chi connectivity index (χ1) is 7.83. The molecule has 1 amide bonds. The zero-order chi connectivity index (χ0) is 11.0. The molecule has 2 fully saturated rings. The highest BCUT2D eigenvalue weighted by molar-refractivity contribution is 7.09. The van der Waals surface area contributed by atoms with Gasteiger partial charge >= 0.3 is 0 Å². The topological polar surface area (TPSA) is 42.0 Å². The lowest BCUT2D eigenvalue weighted by atomic mass is 9.85. The number of thiazole rings is 1. The molecule has 0 radical (unpaired) electrons. The van der Waals surface area contributed by atoms with Gasteiger partial charge in [0, 0.05) is 17.2 Å². The Morgan fingerprint density at radius 1 is 1.44 bits per heavy atom. The van der Waals surface area contributed by atoms with Crippen molar-refractivity contribution in [2.45, 2.75) is 44.6 Å². The van der Waals surface area contributed by atoms with Gasteiger partial charge in [-0.15, -0.1) is 11.3 Å². The number of nitrogens with one attached hydrogen (secondary N) is 1. The second kappa shape index (κ2) is 4.17. The molecule has 16 heavy (non-hydrogen) atoms. The smallest absolute Gasteiger partial charge is 0.223 e. The summed E-state index contributed by atoms with van der Waals surface area (Å²) >= 11 is 1.74. The molecule has 0 bridgehead atoms. The van der Waals surface area contributed by atoms with Crippen molar-refractivity contribution >= 4 is 17.2 Å². The molecule has 3 rings (SSSR count). The molecule has 0 aliphatic heterocycles. The zero-order valence-corrected chi connectivity index (χ0v) is 10.1. The molecular weight excluding hydrogens is 220 g/mol. The summed E-state index contributed by atoms with van der Waals surface area (Å²) in [5.74, 6) is 1.22. The summed E-state index contributed by atoms with van der Waals surface area (Å²) in [4.78, 5) is 16.2. The average Bonchev–Trinajstić information content (AvgIpc) is 2.93. The Bertz CT molecular complexity index is 393. The SMILES string of the molecule is O=C(NCc1csc(C2CC2)n1)C1CCC1. The van der Waals surface area contributed by atoms with Crippen molar-refractivity contribution in [1.82, 2.24) is 10.3 Å². The first kappa shape index (κ1) is 10.3. The Hall–Kier alpha value is -0.900. The number of hydrogen-bond acceptors (Lipinski definition) is 3. The van der Waals surface area contributed by atoms with Crippen LogP contribution in [0.2, 0.25) is 0 Å². The second-order valence-electron chi connectivity index (χ2n) is 4.80. The van der Waals surface area contributed by atoms with Crippen LogP contribution in [0.15, 0.2) is 5.38 Å². The molecule has 0 saturated heterocycles. The van der Waals surface area contributed by atoms with Gasteiger partial charge in [-0.25, -0.2) is 4.98 Å². The second-order valence-corrected chi connectivity index (χ2v) is 5.69. The average molecular weight is 236 g/mol. The van der Waals surface area contributed by atoms with E-state index in [9.17, 15) is 4.79 Å². The van der Waals surface area contributed by atoms with Gasteiger partial charge in [0.25, 0.3) is 0 Å². The molecule has 3 nitrogen and oxygen atoms in total. The predicted octanol–water partition coefficient (Wildman–Crippen LogP) is 2.44. The van der Waals surface area contributed by atoms with Crippen molar-refractivity contribution in [2.75, 3.05) is 0 Å². The molecule has 0 atom stereocenters. The minimum absolute atomic E-state index is 0.215. The Balaban J connectivity index is 1.51. The fourth-order valence-electron chi connectivity index (χ4n) is 1.91. The molecule has 2 saturated carbocycles. The number of aromatic nitrogens is 1. The molecule has 1 heterocycles. The van der Waals surface area contributed by atoms with Crippen LogP contribution in [-0.2, 0) is 11.3 Å². The Kier molecular flexibility index (Phi) is 2.67. The summed E-state index contributed by atoms with van der Waals surface area (Å²) in [6.45, 7) is 0.610. The number of hydrogen-bond donors (Lipinski definition) is 1. The minimum atomic E-state index is 0.215. The van der Waals surface area contributed by atoms with Crippen LogP contribution >= 0.6 is 11.3 Å². The third-order valence-corrected chi connectivity index (χ3v) is 4.47. The highest BCUT2D eigenvalue weighted by Gasteiger charge is 2.27. The number of nitrogens with zero attached hydrogens (tertiary/aromatic N) is 1. The summed E-state index contributed by atoms with van der Waals surface area (Å²) < 4.78 is 0. The molecule has 0 spiro atoms. The van der Waals surface area contributed by atoms with Crippen LogP contribution < -0.4 is 5.32 Å². The minimum Gasteiger partial charge on any atom is -0.350 e. The molecule has 1 aromatic rings. The maximum Gasteiger partial charge on any atom is 0.223 e. The number of rotatable bonds is 4. The highest BCUT2D eigenvalue weighted by Crippen LogP contribution is 2.41. The summed E-state index contributed by atoms with van der Waals surface area (Å²) in [5, 5.41) is 6.31. The Morgan fingerprint density at radius 3 is 2.88 bits per heavy atom. The van der Waals surface area contributed by atoms with Crippen LogP contribution in [0.1, 0.15) is 48.7 Å². The number of amides is 1. The first-order valence-electron chi connectivity index (χ1n) is 6.05. The maximum absolute atomic E-state index is 11.6. The van der Waals surface area contributed by atoms with Crippen LogP contribution in [0, 0.1) is 5.92 Å². The first-order valence-corrected chi connectivity index (χ1v) is 6.93. The molecule has 0 unspecified atom stereocenters. The van der Waals surface area contributed by atoms with Gasteiger partial charge in [-0.2, -0.15) is 0 Å². The molecular formula is C12H16N2OS. The highest BCUT2D eigenvalue weighted by atomic mass is 32.1. The summed E-state index contributed by atoms with van der Waals surface area (Å²) in [5.41, 5.74) is 1.03. The number of carbonyl (C=O) groups is 1. The fraction of sp³-hybridized carbons (Fsp3) is 0.667. The quantitative estimate of drug-likeness (QED) is 0.872. The van der Waals surface area contributed by atoms with E-state index in [-0.39, 0.29) is 11.8 Å². The summed E-state index contributed by atoms with van der Waals surface area (Å²) in [7, 11) is 0. The fourth-order valence-corrected chi connectivity index (χ4v) is 2.91. The van der Waals surface area contributed by atoms with Crippen molar-refractivity contribution in [3.05, 3.63) is 16.1 Å².